The molecule has 1 aliphatic carbocycles. The summed E-state index contributed by atoms with van der Waals surface area (Å²) >= 11 is 0. The van der Waals surface area contributed by atoms with Crippen LogP contribution in [-0.2, 0) is 4.79 Å². The summed E-state index contributed by atoms with van der Waals surface area (Å²) in [5, 5.41) is 3.05. The minimum Gasteiger partial charge on any atom is -0.488 e. The monoisotopic (exact) mass is 274 g/mol. The maximum atomic E-state index is 11.9. The largest absolute Gasteiger partial charge is 0.488 e. The zero-order chi connectivity index (χ0) is 14.1. The molecule has 2 fully saturated rings. The first kappa shape index (κ1) is 13.4. The average molecular weight is 274 g/mol. The van der Waals surface area contributed by atoms with E-state index in [-0.39, 0.29) is 18.1 Å². The predicted molar refractivity (Wildman–Crippen MR) is 77.8 cm³/mol. The molecular weight excluding hydrogens is 252 g/mol. The van der Waals surface area contributed by atoms with Crippen molar-refractivity contribution >= 4 is 5.91 Å². The first-order valence-corrected chi connectivity index (χ1v) is 7.39. The number of rotatable bonds is 5. The van der Waals surface area contributed by atoms with Crippen molar-refractivity contribution in [2.75, 3.05) is 13.1 Å². The van der Waals surface area contributed by atoms with Crippen LogP contribution < -0.4 is 10.1 Å². The lowest BCUT2D eigenvalue weighted by Crippen LogP contribution is -2.60. The van der Waals surface area contributed by atoms with E-state index >= 15 is 0 Å². The summed E-state index contributed by atoms with van der Waals surface area (Å²) in [5.74, 6) is 1.07. The maximum Gasteiger partial charge on any atom is 0.237 e. The molecule has 0 unspecified atom stereocenters. The molecule has 20 heavy (non-hydrogen) atoms. The number of hydrogen-bond donors (Lipinski definition) is 1. The molecule has 0 spiro atoms. The molecule has 1 saturated carbocycles. The minimum atomic E-state index is -0.0477. The number of hydrogen-bond acceptors (Lipinski definition) is 3. The van der Waals surface area contributed by atoms with E-state index in [1.807, 2.05) is 19.1 Å². The summed E-state index contributed by atoms with van der Waals surface area (Å²) in [6.07, 6.45) is 2.48. The number of ether oxygens (including phenoxy) is 1. The highest BCUT2D eigenvalue weighted by Crippen LogP contribution is 2.22. The SMILES string of the molecule is Cc1ccc(OC2CN([C@@H](C)C(=O)NC3CC3)C2)cc1. The molecule has 1 aliphatic heterocycles. The molecule has 1 aromatic carbocycles. The van der Waals surface area contributed by atoms with Crippen molar-refractivity contribution in [2.24, 2.45) is 0 Å². The third-order valence-electron chi connectivity index (χ3n) is 4.05. The number of carbonyl (C=O) groups is 1. The zero-order valence-electron chi connectivity index (χ0n) is 12.1. The lowest BCUT2D eigenvalue weighted by Gasteiger charge is -2.42. The lowest BCUT2D eigenvalue weighted by molar-refractivity contribution is -0.129. The van der Waals surface area contributed by atoms with Crippen molar-refractivity contribution < 1.29 is 9.53 Å². The highest BCUT2D eigenvalue weighted by Gasteiger charge is 2.36. The highest BCUT2D eigenvalue weighted by atomic mass is 16.5. The summed E-state index contributed by atoms with van der Waals surface area (Å²) in [6.45, 7) is 5.69. The fourth-order valence-electron chi connectivity index (χ4n) is 2.38. The molecule has 0 radical (unpaired) electrons. The number of amides is 1. The number of benzene rings is 1. The Bertz CT molecular complexity index is 476. The molecule has 1 N–H and O–H groups in total. The molecule has 3 rings (SSSR count). The van der Waals surface area contributed by atoms with E-state index in [1.165, 1.54) is 5.56 Å². The van der Waals surface area contributed by atoms with E-state index in [1.54, 1.807) is 0 Å². The van der Waals surface area contributed by atoms with Crippen LogP contribution in [0.2, 0.25) is 0 Å². The molecule has 4 heteroatoms. The Morgan fingerprint density at radius 2 is 1.95 bits per heavy atom. The lowest BCUT2D eigenvalue weighted by atomic mass is 10.1. The molecule has 1 atom stereocenters. The molecule has 2 aliphatic rings. The Labute approximate surface area is 120 Å². The van der Waals surface area contributed by atoms with Gasteiger partial charge in [-0.15, -0.1) is 0 Å². The van der Waals surface area contributed by atoms with Crippen molar-refractivity contribution in [3.05, 3.63) is 29.8 Å². The van der Waals surface area contributed by atoms with Crippen molar-refractivity contribution in [1.82, 2.24) is 10.2 Å². The van der Waals surface area contributed by atoms with Gasteiger partial charge < -0.3 is 10.1 Å². The van der Waals surface area contributed by atoms with E-state index < -0.39 is 0 Å². The van der Waals surface area contributed by atoms with Crippen LogP contribution in [0.1, 0.15) is 25.3 Å². The van der Waals surface area contributed by atoms with Gasteiger partial charge in [-0.25, -0.2) is 0 Å². The third kappa shape index (κ3) is 3.12. The second-order valence-electron chi connectivity index (χ2n) is 5.97. The van der Waals surface area contributed by atoms with Gasteiger partial charge in [0.15, 0.2) is 0 Å². The first-order valence-electron chi connectivity index (χ1n) is 7.39. The van der Waals surface area contributed by atoms with Crippen LogP contribution in [0, 0.1) is 6.92 Å². The molecule has 0 aromatic heterocycles. The molecule has 1 heterocycles. The average Bonchev–Trinajstić information content (AvgIpc) is 3.18. The Balaban J connectivity index is 1.43. The molecule has 0 bridgehead atoms. The van der Waals surface area contributed by atoms with Crippen molar-refractivity contribution in [3.8, 4) is 5.75 Å². The van der Waals surface area contributed by atoms with Gasteiger partial charge in [-0.05, 0) is 38.8 Å². The van der Waals surface area contributed by atoms with Crippen LogP contribution in [0.5, 0.6) is 5.75 Å². The Hall–Kier alpha value is -1.55. The standard InChI is InChI=1S/C16H22N2O2/c1-11-3-7-14(8-4-11)20-15-9-18(10-15)12(2)16(19)17-13-5-6-13/h3-4,7-8,12-13,15H,5-6,9-10H2,1-2H3,(H,17,19)/t12-/m0/s1. The minimum absolute atomic E-state index is 0.0477. The number of nitrogens with one attached hydrogen (secondary N) is 1. The van der Waals surface area contributed by atoms with Gasteiger partial charge in [-0.2, -0.15) is 0 Å². The molecule has 4 nitrogen and oxygen atoms in total. The summed E-state index contributed by atoms with van der Waals surface area (Å²) in [7, 11) is 0. The van der Waals surface area contributed by atoms with Gasteiger partial charge in [-0.1, -0.05) is 17.7 Å². The number of aryl methyl sites for hydroxylation is 1. The fourth-order valence-corrected chi connectivity index (χ4v) is 2.38. The van der Waals surface area contributed by atoms with Crippen molar-refractivity contribution in [1.29, 1.82) is 0 Å². The van der Waals surface area contributed by atoms with Crippen LogP contribution >= 0.6 is 0 Å². The number of nitrogens with zero attached hydrogens (tertiary/aromatic N) is 1. The van der Waals surface area contributed by atoms with Crippen LogP contribution in [0.15, 0.2) is 24.3 Å². The fraction of sp³-hybridized carbons (Fsp3) is 0.562. The highest BCUT2D eigenvalue weighted by molar-refractivity contribution is 5.82. The van der Waals surface area contributed by atoms with Crippen LogP contribution in [-0.4, -0.2) is 42.1 Å². The number of carbonyl (C=O) groups excluding carboxylic acids is 1. The Kier molecular flexibility index (Phi) is 3.66. The van der Waals surface area contributed by atoms with Crippen molar-refractivity contribution in [3.63, 3.8) is 0 Å². The van der Waals surface area contributed by atoms with E-state index in [2.05, 4.69) is 29.3 Å². The zero-order valence-corrected chi connectivity index (χ0v) is 12.1. The second-order valence-corrected chi connectivity index (χ2v) is 5.97. The van der Waals surface area contributed by atoms with Crippen LogP contribution in [0.3, 0.4) is 0 Å². The first-order chi connectivity index (χ1) is 9.61. The smallest absolute Gasteiger partial charge is 0.237 e. The summed E-state index contributed by atoms with van der Waals surface area (Å²) in [6, 6.07) is 8.50. The van der Waals surface area contributed by atoms with Gasteiger partial charge in [-0.3, -0.25) is 9.69 Å². The van der Waals surface area contributed by atoms with E-state index in [9.17, 15) is 4.79 Å². The molecule has 1 aromatic rings. The molecular formula is C16H22N2O2. The van der Waals surface area contributed by atoms with E-state index in [4.69, 9.17) is 4.74 Å². The normalized spacial score (nSPS) is 21.1. The predicted octanol–water partition coefficient (Wildman–Crippen LogP) is 1.73. The van der Waals surface area contributed by atoms with Crippen LogP contribution in [0.4, 0.5) is 0 Å². The molecule has 1 saturated heterocycles. The summed E-state index contributed by atoms with van der Waals surface area (Å²) < 4.78 is 5.89. The van der Waals surface area contributed by atoms with Gasteiger partial charge in [0.25, 0.3) is 0 Å². The van der Waals surface area contributed by atoms with Gasteiger partial charge >= 0.3 is 0 Å². The van der Waals surface area contributed by atoms with E-state index in [0.29, 0.717) is 6.04 Å². The third-order valence-corrected chi connectivity index (χ3v) is 4.05. The van der Waals surface area contributed by atoms with Gasteiger partial charge in [0.1, 0.15) is 11.9 Å². The second kappa shape index (κ2) is 5.44. The van der Waals surface area contributed by atoms with Crippen molar-refractivity contribution in [2.45, 2.75) is 44.9 Å². The van der Waals surface area contributed by atoms with Gasteiger partial charge in [0.2, 0.25) is 5.91 Å². The molecule has 108 valence electrons. The summed E-state index contributed by atoms with van der Waals surface area (Å²) in [4.78, 5) is 14.1. The quantitative estimate of drug-likeness (QED) is 0.889. The Morgan fingerprint density at radius 1 is 1.30 bits per heavy atom. The number of likely N-dealkylation sites (tertiary alicyclic amines) is 1. The van der Waals surface area contributed by atoms with Gasteiger partial charge in [0.05, 0.1) is 6.04 Å². The van der Waals surface area contributed by atoms with Crippen LogP contribution in [0.25, 0.3) is 0 Å². The van der Waals surface area contributed by atoms with Gasteiger partial charge in [0, 0.05) is 19.1 Å². The topological polar surface area (TPSA) is 41.6 Å². The Morgan fingerprint density at radius 3 is 2.55 bits per heavy atom. The maximum absolute atomic E-state index is 11.9. The summed E-state index contributed by atoms with van der Waals surface area (Å²) in [5.41, 5.74) is 1.23. The van der Waals surface area contributed by atoms with E-state index in [0.717, 1.165) is 31.7 Å². The molecule has 1 amide bonds.